The fourth-order valence-corrected chi connectivity index (χ4v) is 2.89. The number of anilines is 2. The number of nitrogen functional groups attached to an aromatic ring is 2. The van der Waals surface area contributed by atoms with Crippen LogP contribution in [0, 0.1) is 11.3 Å². The zero-order chi connectivity index (χ0) is 23.1. The van der Waals surface area contributed by atoms with Gasteiger partial charge in [-0.25, -0.2) is 9.78 Å². The second-order valence-corrected chi connectivity index (χ2v) is 6.38. The highest BCUT2D eigenvalue weighted by molar-refractivity contribution is 5.89. The van der Waals surface area contributed by atoms with Crippen molar-refractivity contribution in [1.29, 1.82) is 5.26 Å². The van der Waals surface area contributed by atoms with Gasteiger partial charge in [-0.15, -0.1) is 0 Å². The molecule has 32 heavy (non-hydrogen) atoms. The molecule has 0 saturated carbocycles. The maximum atomic E-state index is 11.6. The predicted molar refractivity (Wildman–Crippen MR) is 116 cm³/mol. The van der Waals surface area contributed by atoms with Gasteiger partial charge in [0.2, 0.25) is 5.95 Å². The summed E-state index contributed by atoms with van der Waals surface area (Å²) in [4.78, 5) is 19.5. The van der Waals surface area contributed by atoms with Crippen molar-refractivity contribution in [2.45, 2.75) is 0 Å². The Bertz CT molecular complexity index is 1180. The van der Waals surface area contributed by atoms with E-state index in [-0.39, 0.29) is 30.5 Å². The number of carbonyl (C=O) groups excluding carboxylic acids is 1. The third-order valence-corrected chi connectivity index (χ3v) is 4.37. The maximum Gasteiger partial charge on any atom is 0.337 e. The third-order valence-electron chi connectivity index (χ3n) is 4.37. The van der Waals surface area contributed by atoms with E-state index >= 15 is 0 Å². The number of rotatable bonds is 8. The van der Waals surface area contributed by atoms with Crippen molar-refractivity contribution in [2.24, 2.45) is 0 Å². The highest BCUT2D eigenvalue weighted by Gasteiger charge is 2.16. The lowest BCUT2D eigenvalue weighted by Crippen LogP contribution is -2.10. The number of nitrogens with two attached hydrogens (primary N) is 2. The molecule has 0 radical (unpaired) electrons. The Kier molecular flexibility index (Phi) is 6.92. The lowest BCUT2D eigenvalue weighted by atomic mass is 10.1. The molecule has 0 unspecified atom stereocenters. The molecule has 10 nitrogen and oxygen atoms in total. The Labute approximate surface area is 184 Å². The molecule has 0 amide bonds. The molecule has 0 aliphatic rings. The summed E-state index contributed by atoms with van der Waals surface area (Å²) in [6.07, 6.45) is 0. The SMILES string of the molecule is COC(=O)c1cccc(OCCOc2ccc(-c3nc(N)nc(N)c3C#N)cc2OC)c1. The molecule has 3 rings (SSSR count). The lowest BCUT2D eigenvalue weighted by Gasteiger charge is -2.13. The summed E-state index contributed by atoms with van der Waals surface area (Å²) in [5, 5.41) is 9.39. The van der Waals surface area contributed by atoms with Crippen LogP contribution in [0.15, 0.2) is 42.5 Å². The number of ether oxygens (including phenoxy) is 4. The molecule has 10 heteroatoms. The van der Waals surface area contributed by atoms with Crippen LogP contribution in [0.2, 0.25) is 0 Å². The molecule has 1 aromatic heterocycles. The zero-order valence-electron chi connectivity index (χ0n) is 17.5. The van der Waals surface area contributed by atoms with Crippen molar-refractivity contribution in [2.75, 3.05) is 38.9 Å². The van der Waals surface area contributed by atoms with Crippen LogP contribution in [0.25, 0.3) is 11.3 Å². The van der Waals surface area contributed by atoms with Gasteiger partial charge in [0.05, 0.1) is 25.5 Å². The molecule has 4 N–H and O–H groups in total. The predicted octanol–water partition coefficient (Wildman–Crippen LogP) is 2.43. The van der Waals surface area contributed by atoms with Crippen molar-refractivity contribution in [3.05, 3.63) is 53.6 Å². The monoisotopic (exact) mass is 435 g/mol. The Morgan fingerprint density at radius 3 is 2.53 bits per heavy atom. The van der Waals surface area contributed by atoms with E-state index in [9.17, 15) is 10.1 Å². The second kappa shape index (κ2) is 9.99. The van der Waals surface area contributed by atoms with Crippen molar-refractivity contribution in [3.63, 3.8) is 0 Å². The topological polar surface area (TPSA) is 156 Å². The van der Waals surface area contributed by atoms with Crippen molar-refractivity contribution < 1.29 is 23.7 Å². The molecule has 0 bridgehead atoms. The molecular formula is C22H21N5O5. The third kappa shape index (κ3) is 4.96. The minimum Gasteiger partial charge on any atom is -0.493 e. The van der Waals surface area contributed by atoms with E-state index in [2.05, 4.69) is 9.97 Å². The quantitative estimate of drug-likeness (QED) is 0.398. The molecule has 0 fully saturated rings. The van der Waals surface area contributed by atoms with E-state index in [1.807, 2.05) is 6.07 Å². The fourth-order valence-electron chi connectivity index (χ4n) is 2.89. The highest BCUT2D eigenvalue weighted by atomic mass is 16.5. The molecule has 164 valence electrons. The molecule has 2 aromatic carbocycles. The van der Waals surface area contributed by atoms with Crippen LogP contribution in [0.3, 0.4) is 0 Å². The summed E-state index contributed by atoms with van der Waals surface area (Å²) in [6.45, 7) is 0.447. The van der Waals surface area contributed by atoms with Gasteiger partial charge in [-0.2, -0.15) is 10.2 Å². The van der Waals surface area contributed by atoms with Crippen LogP contribution in [-0.4, -0.2) is 43.4 Å². The summed E-state index contributed by atoms with van der Waals surface area (Å²) < 4.78 is 21.5. The first-order chi connectivity index (χ1) is 15.5. The van der Waals surface area contributed by atoms with Gasteiger partial charge in [-0.1, -0.05) is 6.07 Å². The van der Waals surface area contributed by atoms with Gasteiger partial charge >= 0.3 is 5.97 Å². The van der Waals surface area contributed by atoms with Gasteiger partial charge < -0.3 is 30.4 Å². The maximum absolute atomic E-state index is 11.6. The summed E-state index contributed by atoms with van der Waals surface area (Å²) in [5.74, 6) is 0.934. The average molecular weight is 435 g/mol. The van der Waals surface area contributed by atoms with E-state index in [4.69, 9.17) is 30.4 Å². The van der Waals surface area contributed by atoms with Gasteiger partial charge in [0.25, 0.3) is 0 Å². The van der Waals surface area contributed by atoms with Gasteiger partial charge in [-0.3, -0.25) is 0 Å². The Balaban J connectivity index is 1.69. The van der Waals surface area contributed by atoms with Gasteiger partial charge in [-0.05, 0) is 36.4 Å². The van der Waals surface area contributed by atoms with Crippen LogP contribution in [0.4, 0.5) is 11.8 Å². The molecule has 0 aliphatic heterocycles. The molecular weight excluding hydrogens is 414 g/mol. The molecule has 0 saturated heterocycles. The zero-order valence-corrected chi connectivity index (χ0v) is 17.5. The minimum absolute atomic E-state index is 0.00251. The highest BCUT2D eigenvalue weighted by Crippen LogP contribution is 2.34. The summed E-state index contributed by atoms with van der Waals surface area (Å²) >= 11 is 0. The number of hydrogen-bond acceptors (Lipinski definition) is 10. The van der Waals surface area contributed by atoms with Gasteiger partial charge in [0, 0.05) is 5.56 Å². The standard InChI is InChI=1S/C22H21N5O5/c1-29-18-11-13(19-16(12-23)20(24)27-22(25)26-19)6-7-17(18)32-9-8-31-15-5-3-4-14(10-15)21(28)30-2/h3-7,10-11H,8-9H2,1-2H3,(H4,24,25,26,27). The molecule has 0 aliphatic carbocycles. The normalized spacial score (nSPS) is 10.2. The molecule has 0 atom stereocenters. The van der Waals surface area contributed by atoms with E-state index in [1.54, 1.807) is 42.5 Å². The summed E-state index contributed by atoms with van der Waals surface area (Å²) in [6, 6.07) is 13.7. The van der Waals surface area contributed by atoms with E-state index in [0.29, 0.717) is 34.1 Å². The number of hydrogen-bond donors (Lipinski definition) is 2. The van der Waals surface area contributed by atoms with Crippen molar-refractivity contribution >= 4 is 17.7 Å². The van der Waals surface area contributed by atoms with Gasteiger partial charge in [0.15, 0.2) is 11.5 Å². The van der Waals surface area contributed by atoms with Crippen LogP contribution in [0.5, 0.6) is 17.2 Å². The number of esters is 1. The first-order valence-corrected chi connectivity index (χ1v) is 9.42. The van der Waals surface area contributed by atoms with E-state index in [1.165, 1.54) is 14.2 Å². The Hall–Kier alpha value is -4.52. The lowest BCUT2D eigenvalue weighted by molar-refractivity contribution is 0.0600. The van der Waals surface area contributed by atoms with Crippen LogP contribution >= 0.6 is 0 Å². The van der Waals surface area contributed by atoms with Gasteiger partial charge in [0.1, 0.15) is 36.4 Å². The minimum atomic E-state index is -0.441. The summed E-state index contributed by atoms with van der Waals surface area (Å²) in [7, 11) is 2.81. The Morgan fingerprint density at radius 2 is 1.81 bits per heavy atom. The molecule has 0 spiro atoms. The number of benzene rings is 2. The largest absolute Gasteiger partial charge is 0.493 e. The Morgan fingerprint density at radius 1 is 1.03 bits per heavy atom. The summed E-state index contributed by atoms with van der Waals surface area (Å²) in [5.41, 5.74) is 12.9. The molecule has 1 heterocycles. The average Bonchev–Trinajstić information content (AvgIpc) is 2.81. The number of aromatic nitrogens is 2. The first kappa shape index (κ1) is 22.2. The van der Waals surface area contributed by atoms with E-state index in [0.717, 1.165) is 0 Å². The number of carbonyl (C=O) groups is 1. The van der Waals surface area contributed by atoms with Crippen LogP contribution in [-0.2, 0) is 4.74 Å². The first-order valence-electron chi connectivity index (χ1n) is 9.42. The number of nitriles is 1. The van der Waals surface area contributed by atoms with Crippen molar-refractivity contribution in [1.82, 2.24) is 9.97 Å². The second-order valence-electron chi connectivity index (χ2n) is 6.38. The van der Waals surface area contributed by atoms with Crippen molar-refractivity contribution in [3.8, 4) is 34.6 Å². The van der Waals surface area contributed by atoms with Crippen LogP contribution in [0.1, 0.15) is 15.9 Å². The van der Waals surface area contributed by atoms with E-state index < -0.39 is 5.97 Å². The molecule has 3 aromatic rings. The number of methoxy groups -OCH3 is 2. The van der Waals surface area contributed by atoms with Crippen LogP contribution < -0.4 is 25.7 Å². The number of nitrogens with zero attached hydrogens (tertiary/aromatic N) is 3. The fraction of sp³-hybridized carbons (Fsp3) is 0.182. The smallest absolute Gasteiger partial charge is 0.337 e.